The summed E-state index contributed by atoms with van der Waals surface area (Å²) in [6.07, 6.45) is 2.01. The highest BCUT2D eigenvalue weighted by Crippen LogP contribution is 2.26. The number of hydrogen-bond acceptors (Lipinski definition) is 4. The van der Waals surface area contributed by atoms with E-state index in [1.807, 2.05) is 0 Å². The number of rotatable bonds is 4. The van der Waals surface area contributed by atoms with Crippen LogP contribution < -0.4 is 5.32 Å². The molecule has 98 valence electrons. The highest BCUT2D eigenvalue weighted by Gasteiger charge is 2.38. The summed E-state index contributed by atoms with van der Waals surface area (Å²) in [6.45, 7) is 5.70. The average molecular weight is 243 g/mol. The van der Waals surface area contributed by atoms with Crippen molar-refractivity contribution in [2.24, 2.45) is 0 Å². The maximum atomic E-state index is 10.8. The van der Waals surface area contributed by atoms with Crippen molar-refractivity contribution in [2.45, 2.75) is 57.0 Å². The Morgan fingerprint density at radius 3 is 2.82 bits per heavy atom. The summed E-state index contributed by atoms with van der Waals surface area (Å²) in [5, 5.41) is 12.3. The van der Waals surface area contributed by atoms with Crippen LogP contribution in [0.15, 0.2) is 0 Å². The molecule has 0 spiro atoms. The number of carboxylic acids is 1. The minimum atomic E-state index is -0.851. The predicted octanol–water partition coefficient (Wildman–Crippen LogP) is 0.776. The van der Waals surface area contributed by atoms with Crippen molar-refractivity contribution in [2.75, 3.05) is 13.2 Å². The number of carboxylic acid groups (broad SMARTS) is 1. The highest BCUT2D eigenvalue weighted by atomic mass is 16.5. The van der Waals surface area contributed by atoms with Crippen molar-refractivity contribution in [1.82, 2.24) is 5.32 Å². The van der Waals surface area contributed by atoms with Crippen LogP contribution in [0.5, 0.6) is 0 Å². The second-order valence-corrected chi connectivity index (χ2v) is 5.22. The molecule has 4 atom stereocenters. The van der Waals surface area contributed by atoms with Crippen LogP contribution in [0.2, 0.25) is 0 Å². The molecule has 4 unspecified atom stereocenters. The van der Waals surface area contributed by atoms with Crippen LogP contribution in [-0.4, -0.2) is 48.1 Å². The Morgan fingerprint density at radius 2 is 2.29 bits per heavy atom. The zero-order valence-electron chi connectivity index (χ0n) is 10.4. The highest BCUT2D eigenvalue weighted by molar-refractivity contribution is 5.72. The Morgan fingerprint density at radius 1 is 1.53 bits per heavy atom. The molecule has 2 rings (SSSR count). The molecule has 2 N–H and O–H groups in total. The van der Waals surface area contributed by atoms with Crippen molar-refractivity contribution in [1.29, 1.82) is 0 Å². The van der Waals surface area contributed by atoms with Gasteiger partial charge in [-0.3, -0.25) is 0 Å². The summed E-state index contributed by atoms with van der Waals surface area (Å²) >= 11 is 0. The lowest BCUT2D eigenvalue weighted by atomic mass is 9.94. The molecule has 0 aliphatic carbocycles. The van der Waals surface area contributed by atoms with E-state index in [1.54, 1.807) is 0 Å². The van der Waals surface area contributed by atoms with E-state index in [-0.39, 0.29) is 17.7 Å². The standard InChI is InChI=1S/C12H21NO4/c1-8-12(2,5-6-16-8)13-7-9-3-4-10(17-9)11(14)15/h8-10,13H,3-7H2,1-2H3,(H,14,15). The van der Waals surface area contributed by atoms with Gasteiger partial charge in [-0.2, -0.15) is 0 Å². The summed E-state index contributed by atoms with van der Waals surface area (Å²) in [6, 6.07) is 0. The third kappa shape index (κ3) is 2.78. The van der Waals surface area contributed by atoms with Gasteiger partial charge in [0.2, 0.25) is 0 Å². The fourth-order valence-electron chi connectivity index (χ4n) is 2.45. The van der Waals surface area contributed by atoms with E-state index in [9.17, 15) is 4.79 Å². The molecule has 2 saturated heterocycles. The molecular weight excluding hydrogens is 222 g/mol. The summed E-state index contributed by atoms with van der Waals surface area (Å²) in [5.41, 5.74) is -0.00926. The molecule has 0 radical (unpaired) electrons. The molecule has 0 bridgehead atoms. The van der Waals surface area contributed by atoms with Crippen molar-refractivity contribution in [3.05, 3.63) is 0 Å². The van der Waals surface area contributed by atoms with Crippen molar-refractivity contribution >= 4 is 5.97 Å². The minimum absolute atomic E-state index is 0.00926. The molecule has 2 aliphatic heterocycles. The molecule has 0 saturated carbocycles. The van der Waals surface area contributed by atoms with Crippen LogP contribution >= 0.6 is 0 Å². The van der Waals surface area contributed by atoms with Gasteiger partial charge in [0.1, 0.15) is 0 Å². The van der Waals surface area contributed by atoms with Gasteiger partial charge in [-0.25, -0.2) is 4.79 Å². The Kier molecular flexibility index (Phi) is 3.70. The molecule has 0 amide bonds. The van der Waals surface area contributed by atoms with E-state index in [1.165, 1.54) is 0 Å². The van der Waals surface area contributed by atoms with E-state index in [0.717, 1.165) is 19.4 Å². The van der Waals surface area contributed by atoms with E-state index >= 15 is 0 Å². The van der Waals surface area contributed by atoms with E-state index in [4.69, 9.17) is 14.6 Å². The third-order valence-corrected chi connectivity index (χ3v) is 4.00. The number of carbonyl (C=O) groups is 1. The van der Waals surface area contributed by atoms with Crippen LogP contribution in [0.25, 0.3) is 0 Å². The molecule has 0 aromatic heterocycles. The molecule has 2 fully saturated rings. The third-order valence-electron chi connectivity index (χ3n) is 4.00. The van der Waals surface area contributed by atoms with Gasteiger partial charge < -0.3 is 19.9 Å². The number of hydrogen-bond donors (Lipinski definition) is 2. The fourth-order valence-corrected chi connectivity index (χ4v) is 2.45. The monoisotopic (exact) mass is 243 g/mol. The lowest BCUT2D eigenvalue weighted by Crippen LogP contribution is -2.50. The molecule has 2 heterocycles. The molecule has 5 heteroatoms. The Bertz CT molecular complexity index is 296. The van der Waals surface area contributed by atoms with Gasteiger partial charge in [-0.15, -0.1) is 0 Å². The molecule has 2 aliphatic rings. The zero-order chi connectivity index (χ0) is 12.5. The van der Waals surface area contributed by atoms with Crippen LogP contribution in [0, 0.1) is 0 Å². The van der Waals surface area contributed by atoms with Crippen LogP contribution in [-0.2, 0) is 14.3 Å². The average Bonchev–Trinajstić information content (AvgIpc) is 2.85. The Hall–Kier alpha value is -0.650. The van der Waals surface area contributed by atoms with Gasteiger partial charge in [-0.05, 0) is 33.1 Å². The molecular formula is C12H21NO4. The van der Waals surface area contributed by atoms with Crippen molar-refractivity contribution in [3.63, 3.8) is 0 Å². The lowest BCUT2D eigenvalue weighted by Gasteiger charge is -2.30. The summed E-state index contributed by atoms with van der Waals surface area (Å²) in [5.74, 6) is -0.851. The normalized spacial score (nSPS) is 41.9. The quantitative estimate of drug-likeness (QED) is 0.763. The first kappa shape index (κ1) is 12.8. The largest absolute Gasteiger partial charge is 0.479 e. The molecule has 5 nitrogen and oxygen atoms in total. The number of ether oxygens (including phenoxy) is 2. The van der Waals surface area contributed by atoms with E-state index in [2.05, 4.69) is 19.2 Å². The van der Waals surface area contributed by atoms with Gasteiger partial charge in [0.05, 0.1) is 12.2 Å². The maximum absolute atomic E-state index is 10.8. The first-order chi connectivity index (χ1) is 8.01. The summed E-state index contributed by atoms with van der Waals surface area (Å²) in [4.78, 5) is 10.8. The van der Waals surface area contributed by atoms with E-state index in [0.29, 0.717) is 13.0 Å². The fraction of sp³-hybridized carbons (Fsp3) is 0.917. The predicted molar refractivity (Wildman–Crippen MR) is 62.0 cm³/mol. The van der Waals surface area contributed by atoms with Gasteiger partial charge in [0.15, 0.2) is 6.10 Å². The number of aliphatic carboxylic acids is 1. The Balaban J connectivity index is 1.78. The van der Waals surface area contributed by atoms with Crippen LogP contribution in [0.3, 0.4) is 0 Å². The smallest absolute Gasteiger partial charge is 0.332 e. The maximum Gasteiger partial charge on any atom is 0.332 e. The van der Waals surface area contributed by atoms with Gasteiger partial charge in [0, 0.05) is 18.7 Å². The van der Waals surface area contributed by atoms with Crippen molar-refractivity contribution in [3.8, 4) is 0 Å². The van der Waals surface area contributed by atoms with Crippen LogP contribution in [0.4, 0.5) is 0 Å². The topological polar surface area (TPSA) is 67.8 Å². The summed E-state index contributed by atoms with van der Waals surface area (Å²) in [7, 11) is 0. The SMILES string of the molecule is CC1OCCC1(C)NCC1CCC(C(=O)O)O1. The first-order valence-corrected chi connectivity index (χ1v) is 6.26. The van der Waals surface area contributed by atoms with Gasteiger partial charge in [0.25, 0.3) is 0 Å². The molecule has 0 aromatic carbocycles. The lowest BCUT2D eigenvalue weighted by molar-refractivity contribution is -0.149. The Labute approximate surface area is 101 Å². The molecule has 0 aromatic rings. The minimum Gasteiger partial charge on any atom is -0.479 e. The second kappa shape index (κ2) is 4.92. The van der Waals surface area contributed by atoms with E-state index < -0.39 is 12.1 Å². The first-order valence-electron chi connectivity index (χ1n) is 6.26. The number of nitrogens with one attached hydrogen (secondary N) is 1. The summed E-state index contributed by atoms with van der Waals surface area (Å²) < 4.78 is 11.0. The zero-order valence-corrected chi connectivity index (χ0v) is 10.4. The second-order valence-electron chi connectivity index (χ2n) is 5.22. The van der Waals surface area contributed by atoms with Gasteiger partial charge in [-0.1, -0.05) is 0 Å². The van der Waals surface area contributed by atoms with Gasteiger partial charge >= 0.3 is 5.97 Å². The van der Waals surface area contributed by atoms with Crippen LogP contribution in [0.1, 0.15) is 33.1 Å². The molecule has 17 heavy (non-hydrogen) atoms. The van der Waals surface area contributed by atoms with Crippen molar-refractivity contribution < 1.29 is 19.4 Å².